The number of nitrogens with one attached hydrogen (secondary N) is 1. The molecule has 0 unspecified atom stereocenters. The van der Waals surface area contributed by atoms with Gasteiger partial charge < -0.3 is 4.98 Å². The summed E-state index contributed by atoms with van der Waals surface area (Å²) in [7, 11) is 0. The molecule has 2 heterocycles. The van der Waals surface area contributed by atoms with Crippen molar-refractivity contribution in [1.82, 2.24) is 9.97 Å². The Balaban J connectivity index is 1.82. The fourth-order valence-corrected chi connectivity index (χ4v) is 2.94. The molecule has 0 aliphatic rings. The first-order valence-electron chi connectivity index (χ1n) is 7.31. The summed E-state index contributed by atoms with van der Waals surface area (Å²) >= 11 is 0. The van der Waals surface area contributed by atoms with E-state index in [4.69, 9.17) is 0 Å². The number of aryl methyl sites for hydroxylation is 1. The van der Waals surface area contributed by atoms with Gasteiger partial charge in [-0.05, 0) is 48.4 Å². The third kappa shape index (κ3) is 2.15. The molecule has 22 heavy (non-hydrogen) atoms. The van der Waals surface area contributed by atoms with Gasteiger partial charge in [-0.2, -0.15) is 0 Å². The monoisotopic (exact) mass is 290 g/mol. The average molecular weight is 290 g/mol. The maximum Gasteiger partial charge on any atom is 0.123 e. The van der Waals surface area contributed by atoms with E-state index in [0.717, 1.165) is 39.5 Å². The molecule has 1 N–H and O–H groups in total. The smallest absolute Gasteiger partial charge is 0.123 e. The molecule has 2 nitrogen and oxygen atoms in total. The Labute approximate surface area is 127 Å². The van der Waals surface area contributed by atoms with Crippen molar-refractivity contribution < 1.29 is 4.39 Å². The van der Waals surface area contributed by atoms with Gasteiger partial charge >= 0.3 is 0 Å². The van der Waals surface area contributed by atoms with Crippen molar-refractivity contribution in [2.24, 2.45) is 0 Å². The minimum atomic E-state index is -0.207. The summed E-state index contributed by atoms with van der Waals surface area (Å²) in [6, 6.07) is 15.1. The van der Waals surface area contributed by atoms with Crippen LogP contribution in [0.25, 0.3) is 21.8 Å². The third-order valence-corrected chi connectivity index (χ3v) is 4.13. The Kier molecular flexibility index (Phi) is 2.93. The molecule has 4 aromatic rings. The zero-order valence-electron chi connectivity index (χ0n) is 12.2. The fourth-order valence-electron chi connectivity index (χ4n) is 2.94. The van der Waals surface area contributed by atoms with Gasteiger partial charge in [0.15, 0.2) is 0 Å². The van der Waals surface area contributed by atoms with Crippen LogP contribution in [0.2, 0.25) is 0 Å². The summed E-state index contributed by atoms with van der Waals surface area (Å²) in [5, 5.41) is 2.07. The van der Waals surface area contributed by atoms with Crippen LogP contribution in [0.15, 0.2) is 54.7 Å². The van der Waals surface area contributed by atoms with Crippen molar-refractivity contribution >= 4 is 21.8 Å². The lowest BCUT2D eigenvalue weighted by Crippen LogP contribution is -1.95. The van der Waals surface area contributed by atoms with Crippen LogP contribution in [0.4, 0.5) is 4.39 Å². The van der Waals surface area contributed by atoms with Gasteiger partial charge in [-0.25, -0.2) is 4.39 Å². The second kappa shape index (κ2) is 4.95. The van der Waals surface area contributed by atoms with Gasteiger partial charge in [-0.3, -0.25) is 4.98 Å². The molecular weight excluding hydrogens is 275 g/mol. The van der Waals surface area contributed by atoms with Crippen LogP contribution in [-0.4, -0.2) is 9.97 Å². The highest BCUT2D eigenvalue weighted by Gasteiger charge is 2.09. The molecule has 0 aliphatic heterocycles. The van der Waals surface area contributed by atoms with Gasteiger partial charge in [-0.15, -0.1) is 0 Å². The van der Waals surface area contributed by atoms with Crippen LogP contribution >= 0.6 is 0 Å². The van der Waals surface area contributed by atoms with Crippen molar-refractivity contribution in [3.05, 3.63) is 77.4 Å². The quantitative estimate of drug-likeness (QED) is 0.567. The van der Waals surface area contributed by atoms with Crippen molar-refractivity contribution in [3.8, 4) is 0 Å². The van der Waals surface area contributed by atoms with Gasteiger partial charge in [0.25, 0.3) is 0 Å². The predicted octanol–water partition coefficient (Wildman–Crippen LogP) is 4.75. The third-order valence-electron chi connectivity index (χ3n) is 4.13. The Morgan fingerprint density at radius 3 is 2.82 bits per heavy atom. The van der Waals surface area contributed by atoms with Crippen molar-refractivity contribution in [3.63, 3.8) is 0 Å². The highest BCUT2D eigenvalue weighted by Crippen LogP contribution is 2.24. The second-order valence-corrected chi connectivity index (χ2v) is 5.61. The number of H-pyrrole nitrogens is 1. The molecule has 2 aromatic carbocycles. The lowest BCUT2D eigenvalue weighted by Gasteiger charge is -2.07. The van der Waals surface area contributed by atoms with Crippen LogP contribution in [0.1, 0.15) is 16.8 Å². The second-order valence-electron chi connectivity index (χ2n) is 5.61. The number of aromatic nitrogens is 2. The number of fused-ring (bicyclic) bond motifs is 2. The van der Waals surface area contributed by atoms with Crippen LogP contribution in [0.3, 0.4) is 0 Å². The fraction of sp³-hybridized carbons (Fsp3) is 0.105. The van der Waals surface area contributed by atoms with E-state index < -0.39 is 0 Å². The molecule has 0 bridgehead atoms. The van der Waals surface area contributed by atoms with E-state index in [0.29, 0.717) is 0 Å². The normalized spacial score (nSPS) is 11.4. The highest BCUT2D eigenvalue weighted by atomic mass is 19.1. The summed E-state index contributed by atoms with van der Waals surface area (Å²) < 4.78 is 13.5. The minimum absolute atomic E-state index is 0.207. The van der Waals surface area contributed by atoms with Crippen LogP contribution in [-0.2, 0) is 6.42 Å². The molecule has 0 fully saturated rings. The molecule has 108 valence electrons. The van der Waals surface area contributed by atoms with Crippen LogP contribution < -0.4 is 0 Å². The molecule has 0 amide bonds. The van der Waals surface area contributed by atoms with E-state index in [1.165, 1.54) is 11.6 Å². The first kappa shape index (κ1) is 13.0. The molecular formula is C19H15FN2. The highest BCUT2D eigenvalue weighted by molar-refractivity contribution is 5.84. The first-order valence-corrected chi connectivity index (χ1v) is 7.31. The van der Waals surface area contributed by atoms with E-state index >= 15 is 0 Å². The molecule has 0 atom stereocenters. The Bertz CT molecular complexity index is 985. The Hall–Kier alpha value is -2.68. The number of para-hydroxylation sites is 1. The molecule has 3 heteroatoms. The van der Waals surface area contributed by atoms with E-state index in [2.05, 4.69) is 22.1 Å². The lowest BCUT2D eigenvalue weighted by molar-refractivity contribution is 0.629. The number of benzene rings is 2. The minimum Gasteiger partial charge on any atom is -0.361 e. The number of halogens is 1. The maximum absolute atomic E-state index is 13.5. The largest absolute Gasteiger partial charge is 0.361 e. The Morgan fingerprint density at radius 2 is 1.91 bits per heavy atom. The molecule has 2 aromatic heterocycles. The van der Waals surface area contributed by atoms with Crippen LogP contribution in [0, 0.1) is 12.7 Å². The van der Waals surface area contributed by atoms with E-state index in [-0.39, 0.29) is 5.82 Å². The van der Waals surface area contributed by atoms with E-state index in [1.54, 1.807) is 12.1 Å². The summed E-state index contributed by atoms with van der Waals surface area (Å²) in [4.78, 5) is 7.87. The summed E-state index contributed by atoms with van der Waals surface area (Å²) in [5.41, 5.74) is 5.25. The summed E-state index contributed by atoms with van der Waals surface area (Å²) in [5.74, 6) is -0.207. The number of rotatable bonds is 2. The summed E-state index contributed by atoms with van der Waals surface area (Å²) in [6.07, 6.45) is 2.70. The number of pyridine rings is 1. The number of hydrogen-bond donors (Lipinski definition) is 1. The number of aromatic amines is 1. The lowest BCUT2D eigenvalue weighted by atomic mass is 10.0. The van der Waals surface area contributed by atoms with Gasteiger partial charge in [-0.1, -0.05) is 18.2 Å². The standard InChI is InChI=1S/C19H15FN2/c1-12-14(8-13-4-2-3-5-18(13)22-12)9-15-11-21-19-7-6-16(20)10-17(15)19/h2-8,10-11,21H,9H2,1H3. The zero-order chi connectivity index (χ0) is 15.1. The zero-order valence-corrected chi connectivity index (χ0v) is 12.2. The van der Waals surface area contributed by atoms with E-state index in [1.807, 2.05) is 31.3 Å². The van der Waals surface area contributed by atoms with Gasteiger partial charge in [0.05, 0.1) is 5.52 Å². The molecule has 0 spiro atoms. The topological polar surface area (TPSA) is 28.7 Å². The maximum atomic E-state index is 13.5. The van der Waals surface area contributed by atoms with Crippen molar-refractivity contribution in [1.29, 1.82) is 0 Å². The summed E-state index contributed by atoms with van der Waals surface area (Å²) in [6.45, 7) is 2.03. The average Bonchev–Trinajstić information content (AvgIpc) is 2.90. The van der Waals surface area contributed by atoms with Crippen molar-refractivity contribution in [2.75, 3.05) is 0 Å². The van der Waals surface area contributed by atoms with Crippen LogP contribution in [0.5, 0.6) is 0 Å². The number of nitrogens with zero attached hydrogens (tertiary/aromatic N) is 1. The molecule has 4 rings (SSSR count). The molecule has 0 saturated heterocycles. The predicted molar refractivity (Wildman–Crippen MR) is 87.5 cm³/mol. The number of hydrogen-bond acceptors (Lipinski definition) is 1. The van der Waals surface area contributed by atoms with Gasteiger partial charge in [0.1, 0.15) is 5.82 Å². The SMILES string of the molecule is Cc1nc2ccccc2cc1Cc1c[nH]c2ccc(F)cc12. The van der Waals surface area contributed by atoms with Crippen molar-refractivity contribution in [2.45, 2.75) is 13.3 Å². The first-order chi connectivity index (χ1) is 10.7. The Morgan fingerprint density at radius 1 is 1.05 bits per heavy atom. The van der Waals surface area contributed by atoms with E-state index in [9.17, 15) is 4.39 Å². The molecule has 0 saturated carbocycles. The van der Waals surface area contributed by atoms with Gasteiger partial charge in [0, 0.05) is 34.6 Å². The molecule has 0 aliphatic carbocycles. The molecule has 0 radical (unpaired) electrons. The van der Waals surface area contributed by atoms with Gasteiger partial charge in [0.2, 0.25) is 0 Å².